The van der Waals surface area contributed by atoms with Crippen molar-refractivity contribution in [2.24, 2.45) is 0 Å². The smallest absolute Gasteiger partial charge is 0.251 e. The van der Waals surface area contributed by atoms with E-state index in [2.05, 4.69) is 20.6 Å². The van der Waals surface area contributed by atoms with Crippen molar-refractivity contribution in [3.63, 3.8) is 0 Å². The number of carbonyl (C=O) groups excluding carboxylic acids is 2. The van der Waals surface area contributed by atoms with Gasteiger partial charge in [-0.1, -0.05) is 12.1 Å². The van der Waals surface area contributed by atoms with Gasteiger partial charge in [0.25, 0.3) is 5.91 Å². The van der Waals surface area contributed by atoms with Gasteiger partial charge in [0.15, 0.2) is 0 Å². The van der Waals surface area contributed by atoms with Crippen molar-refractivity contribution in [3.05, 3.63) is 41.3 Å². The van der Waals surface area contributed by atoms with Crippen LogP contribution in [-0.4, -0.2) is 34.4 Å². The minimum absolute atomic E-state index is 0.108. The number of hydrogen-bond acceptors (Lipinski definition) is 3. The number of carbonyl (C=O) groups is 2. The first kappa shape index (κ1) is 15.3. The highest BCUT2D eigenvalue weighted by Crippen LogP contribution is 2.21. The fourth-order valence-electron chi connectivity index (χ4n) is 2.82. The minimum Gasteiger partial charge on any atom is -0.354 e. The lowest BCUT2D eigenvalue weighted by atomic mass is 10.0. The van der Waals surface area contributed by atoms with E-state index in [4.69, 9.17) is 0 Å². The van der Waals surface area contributed by atoms with Crippen molar-refractivity contribution in [2.45, 2.75) is 32.7 Å². The SMILES string of the molecule is Cc1nc(-c2ccc(C(=O)N[C@@H]3CCCNC3=O)cc2)c(C)[nH]1. The third kappa shape index (κ3) is 3.26. The lowest BCUT2D eigenvalue weighted by Gasteiger charge is -2.22. The molecule has 1 aromatic heterocycles. The topological polar surface area (TPSA) is 86.9 Å². The highest BCUT2D eigenvalue weighted by atomic mass is 16.2. The summed E-state index contributed by atoms with van der Waals surface area (Å²) in [5.74, 6) is 0.528. The highest BCUT2D eigenvalue weighted by Gasteiger charge is 2.23. The van der Waals surface area contributed by atoms with Crippen LogP contribution >= 0.6 is 0 Å². The minimum atomic E-state index is -0.438. The summed E-state index contributed by atoms with van der Waals surface area (Å²) in [6, 6.07) is 6.83. The van der Waals surface area contributed by atoms with Gasteiger partial charge >= 0.3 is 0 Å². The Morgan fingerprint density at radius 2 is 2.00 bits per heavy atom. The predicted octanol–water partition coefficient (Wildman–Crippen LogP) is 1.70. The summed E-state index contributed by atoms with van der Waals surface area (Å²) in [4.78, 5) is 31.6. The second kappa shape index (κ2) is 6.24. The molecule has 1 aliphatic heterocycles. The van der Waals surface area contributed by atoms with Crippen molar-refractivity contribution < 1.29 is 9.59 Å². The molecule has 23 heavy (non-hydrogen) atoms. The zero-order valence-electron chi connectivity index (χ0n) is 13.3. The van der Waals surface area contributed by atoms with E-state index in [0.717, 1.165) is 29.2 Å². The number of benzene rings is 1. The molecule has 0 spiro atoms. The average molecular weight is 312 g/mol. The van der Waals surface area contributed by atoms with Crippen LogP contribution in [0.5, 0.6) is 0 Å². The molecule has 1 saturated heterocycles. The summed E-state index contributed by atoms with van der Waals surface area (Å²) >= 11 is 0. The number of imidazole rings is 1. The van der Waals surface area contributed by atoms with Crippen LogP contribution in [-0.2, 0) is 4.79 Å². The summed E-state index contributed by atoms with van der Waals surface area (Å²) in [5.41, 5.74) is 3.38. The highest BCUT2D eigenvalue weighted by molar-refractivity contribution is 5.98. The van der Waals surface area contributed by atoms with Gasteiger partial charge in [-0.15, -0.1) is 0 Å². The zero-order chi connectivity index (χ0) is 16.4. The number of aromatic amines is 1. The Hall–Kier alpha value is -2.63. The van der Waals surface area contributed by atoms with Gasteiger partial charge in [-0.3, -0.25) is 9.59 Å². The Kier molecular flexibility index (Phi) is 4.14. The number of aryl methyl sites for hydroxylation is 2. The van der Waals surface area contributed by atoms with Crippen molar-refractivity contribution in [1.29, 1.82) is 0 Å². The monoisotopic (exact) mass is 312 g/mol. The van der Waals surface area contributed by atoms with Gasteiger partial charge in [0, 0.05) is 23.4 Å². The Bertz CT molecular complexity index is 734. The predicted molar refractivity (Wildman–Crippen MR) is 87.0 cm³/mol. The van der Waals surface area contributed by atoms with Gasteiger partial charge in [-0.05, 0) is 38.8 Å². The van der Waals surface area contributed by atoms with Crippen molar-refractivity contribution in [3.8, 4) is 11.3 Å². The van der Waals surface area contributed by atoms with Crippen molar-refractivity contribution in [1.82, 2.24) is 20.6 Å². The van der Waals surface area contributed by atoms with E-state index in [1.54, 1.807) is 12.1 Å². The van der Waals surface area contributed by atoms with Gasteiger partial charge in [0.05, 0.1) is 5.69 Å². The zero-order valence-corrected chi connectivity index (χ0v) is 13.3. The Morgan fingerprint density at radius 1 is 1.26 bits per heavy atom. The molecule has 2 heterocycles. The molecule has 6 heteroatoms. The second-order valence-electron chi connectivity index (χ2n) is 5.83. The number of aromatic nitrogens is 2. The summed E-state index contributed by atoms with van der Waals surface area (Å²) in [6.07, 6.45) is 1.56. The van der Waals surface area contributed by atoms with E-state index >= 15 is 0 Å². The first-order chi connectivity index (χ1) is 11.0. The molecular weight excluding hydrogens is 292 g/mol. The molecule has 2 aromatic rings. The lowest BCUT2D eigenvalue weighted by molar-refractivity contribution is -0.124. The molecule has 120 valence electrons. The lowest BCUT2D eigenvalue weighted by Crippen LogP contribution is -2.50. The van der Waals surface area contributed by atoms with Crippen molar-refractivity contribution >= 4 is 11.8 Å². The van der Waals surface area contributed by atoms with Crippen LogP contribution in [0.15, 0.2) is 24.3 Å². The van der Waals surface area contributed by atoms with Gasteiger partial charge in [-0.2, -0.15) is 0 Å². The van der Waals surface area contributed by atoms with Crippen LogP contribution in [0.4, 0.5) is 0 Å². The second-order valence-corrected chi connectivity index (χ2v) is 5.83. The Balaban J connectivity index is 1.72. The van der Waals surface area contributed by atoms with E-state index in [-0.39, 0.29) is 11.8 Å². The molecule has 0 unspecified atom stereocenters. The maximum absolute atomic E-state index is 12.3. The Morgan fingerprint density at radius 3 is 2.61 bits per heavy atom. The summed E-state index contributed by atoms with van der Waals surface area (Å²) < 4.78 is 0. The molecule has 0 aliphatic carbocycles. The summed E-state index contributed by atoms with van der Waals surface area (Å²) in [7, 11) is 0. The fraction of sp³-hybridized carbons (Fsp3) is 0.353. The molecule has 0 saturated carbocycles. The van der Waals surface area contributed by atoms with E-state index in [1.165, 1.54) is 0 Å². The molecule has 1 aromatic carbocycles. The van der Waals surface area contributed by atoms with Crippen LogP contribution in [0, 0.1) is 13.8 Å². The quantitative estimate of drug-likeness (QED) is 0.806. The number of amides is 2. The van der Waals surface area contributed by atoms with Crippen LogP contribution < -0.4 is 10.6 Å². The first-order valence-corrected chi connectivity index (χ1v) is 7.77. The molecule has 2 amide bonds. The van der Waals surface area contributed by atoms with Gasteiger partial charge in [0.2, 0.25) is 5.91 Å². The fourth-order valence-corrected chi connectivity index (χ4v) is 2.82. The molecule has 1 aliphatic rings. The number of hydrogen-bond donors (Lipinski definition) is 3. The van der Waals surface area contributed by atoms with Crippen LogP contribution in [0.25, 0.3) is 11.3 Å². The van der Waals surface area contributed by atoms with Crippen LogP contribution in [0.2, 0.25) is 0 Å². The molecule has 1 atom stereocenters. The number of nitrogens with one attached hydrogen (secondary N) is 3. The maximum Gasteiger partial charge on any atom is 0.251 e. The van der Waals surface area contributed by atoms with Crippen molar-refractivity contribution in [2.75, 3.05) is 6.54 Å². The number of rotatable bonds is 3. The average Bonchev–Trinajstić information content (AvgIpc) is 2.88. The van der Waals surface area contributed by atoms with Gasteiger partial charge in [-0.25, -0.2) is 4.98 Å². The molecule has 6 nitrogen and oxygen atoms in total. The largest absolute Gasteiger partial charge is 0.354 e. The van der Waals surface area contributed by atoms with Crippen LogP contribution in [0.3, 0.4) is 0 Å². The standard InChI is InChI=1S/C17H20N4O2/c1-10-15(20-11(2)19-10)12-5-7-13(8-6-12)16(22)21-14-4-3-9-18-17(14)23/h5-8,14H,3-4,9H2,1-2H3,(H,18,23)(H,19,20)(H,21,22)/t14-/m1/s1. The van der Waals surface area contributed by atoms with Gasteiger partial charge < -0.3 is 15.6 Å². The number of nitrogens with zero attached hydrogens (tertiary/aromatic N) is 1. The summed E-state index contributed by atoms with van der Waals surface area (Å²) in [5, 5.41) is 5.55. The third-order valence-corrected chi connectivity index (χ3v) is 4.01. The van der Waals surface area contributed by atoms with E-state index in [0.29, 0.717) is 18.5 Å². The molecule has 0 radical (unpaired) electrons. The molecule has 3 N–H and O–H groups in total. The molecular formula is C17H20N4O2. The Labute approximate surface area is 134 Å². The number of piperidine rings is 1. The van der Waals surface area contributed by atoms with Crippen LogP contribution in [0.1, 0.15) is 34.7 Å². The summed E-state index contributed by atoms with van der Waals surface area (Å²) in [6.45, 7) is 4.56. The third-order valence-electron chi connectivity index (χ3n) is 4.01. The first-order valence-electron chi connectivity index (χ1n) is 7.77. The number of H-pyrrole nitrogens is 1. The van der Waals surface area contributed by atoms with Gasteiger partial charge in [0.1, 0.15) is 11.9 Å². The van der Waals surface area contributed by atoms with E-state index < -0.39 is 6.04 Å². The normalized spacial score (nSPS) is 17.7. The molecule has 1 fully saturated rings. The maximum atomic E-state index is 12.3. The van der Waals surface area contributed by atoms with E-state index in [9.17, 15) is 9.59 Å². The molecule has 3 rings (SSSR count). The van der Waals surface area contributed by atoms with E-state index in [1.807, 2.05) is 26.0 Å². The molecule has 0 bridgehead atoms.